The van der Waals surface area contributed by atoms with E-state index in [0.717, 1.165) is 30.0 Å². The molecule has 1 aromatic heterocycles. The summed E-state index contributed by atoms with van der Waals surface area (Å²) >= 11 is 1.65. The molecule has 0 saturated heterocycles. The average Bonchev–Trinajstić information content (AvgIpc) is 2.93. The Morgan fingerprint density at radius 3 is 2.83 bits per heavy atom. The molecule has 0 spiro atoms. The second-order valence-corrected chi connectivity index (χ2v) is 6.99. The molecule has 3 rings (SSSR count). The van der Waals surface area contributed by atoms with Crippen LogP contribution in [0.5, 0.6) is 0 Å². The third kappa shape index (κ3) is 2.99. The van der Waals surface area contributed by atoms with Crippen LogP contribution in [0.15, 0.2) is 24.3 Å². The van der Waals surface area contributed by atoms with Crippen LogP contribution in [-0.2, 0) is 6.42 Å². The fourth-order valence-corrected chi connectivity index (χ4v) is 4.17. The van der Waals surface area contributed by atoms with Crippen LogP contribution in [0.25, 0.3) is 0 Å². The topological polar surface area (TPSA) is 70.5 Å². The predicted octanol–water partition coefficient (Wildman–Crippen LogP) is 3.30. The lowest BCUT2D eigenvalue weighted by Gasteiger charge is -2.30. The number of thiazole rings is 1. The summed E-state index contributed by atoms with van der Waals surface area (Å²) in [4.78, 5) is 31.3. The van der Waals surface area contributed by atoms with Crippen LogP contribution < -0.4 is 0 Å². The Morgan fingerprint density at radius 1 is 1.35 bits per heavy atom. The lowest BCUT2D eigenvalue weighted by molar-refractivity contribution is 0.0697. The van der Waals surface area contributed by atoms with Crippen LogP contribution in [0.3, 0.4) is 0 Å². The van der Waals surface area contributed by atoms with Gasteiger partial charge in [-0.1, -0.05) is 6.07 Å². The highest BCUT2D eigenvalue weighted by atomic mass is 32.1. The fourth-order valence-electron chi connectivity index (χ4n) is 3.02. The molecule has 120 valence electrons. The molecule has 5 nitrogen and oxygen atoms in total. The van der Waals surface area contributed by atoms with Gasteiger partial charge in [-0.25, -0.2) is 9.78 Å². The number of amides is 1. The lowest BCUT2D eigenvalue weighted by atomic mass is 9.96. The Labute approximate surface area is 138 Å². The van der Waals surface area contributed by atoms with E-state index in [1.807, 2.05) is 6.92 Å². The number of benzene rings is 1. The van der Waals surface area contributed by atoms with E-state index in [2.05, 4.69) is 4.98 Å². The molecular weight excluding hydrogens is 312 g/mol. The van der Waals surface area contributed by atoms with E-state index >= 15 is 0 Å². The predicted molar refractivity (Wildman–Crippen MR) is 88.0 cm³/mol. The van der Waals surface area contributed by atoms with Gasteiger partial charge in [-0.2, -0.15) is 0 Å². The van der Waals surface area contributed by atoms with E-state index in [9.17, 15) is 9.59 Å². The summed E-state index contributed by atoms with van der Waals surface area (Å²) in [6, 6.07) is 6.21. The van der Waals surface area contributed by atoms with E-state index in [0.29, 0.717) is 5.56 Å². The smallest absolute Gasteiger partial charge is 0.335 e. The maximum Gasteiger partial charge on any atom is 0.335 e. The number of hydrogen-bond donors (Lipinski definition) is 1. The minimum atomic E-state index is -1.03. The first-order chi connectivity index (χ1) is 11.0. The molecule has 1 N–H and O–H groups in total. The largest absolute Gasteiger partial charge is 0.478 e. The van der Waals surface area contributed by atoms with Crippen molar-refractivity contribution in [3.05, 3.63) is 51.0 Å². The van der Waals surface area contributed by atoms with Crippen LogP contribution in [0, 0.1) is 6.92 Å². The highest BCUT2D eigenvalue weighted by Gasteiger charge is 2.30. The number of carbonyl (C=O) groups is 2. The summed E-state index contributed by atoms with van der Waals surface area (Å²) < 4.78 is 0. The molecule has 1 amide bonds. The maximum absolute atomic E-state index is 12.8. The van der Waals surface area contributed by atoms with Gasteiger partial charge in [0.15, 0.2) is 0 Å². The van der Waals surface area contributed by atoms with Crippen molar-refractivity contribution in [2.24, 2.45) is 0 Å². The third-order valence-electron chi connectivity index (χ3n) is 4.17. The van der Waals surface area contributed by atoms with Crippen molar-refractivity contribution in [3.8, 4) is 0 Å². The molecule has 6 heteroatoms. The second-order valence-electron chi connectivity index (χ2n) is 5.75. The number of aryl methyl sites for hydroxylation is 2. The van der Waals surface area contributed by atoms with Crippen LogP contribution in [0.2, 0.25) is 0 Å². The first-order valence-electron chi connectivity index (χ1n) is 7.54. The van der Waals surface area contributed by atoms with Crippen LogP contribution in [0.4, 0.5) is 0 Å². The number of fused-ring (bicyclic) bond motifs is 1. The maximum atomic E-state index is 12.8. The molecule has 1 aliphatic carbocycles. The first-order valence-corrected chi connectivity index (χ1v) is 8.35. The highest BCUT2D eigenvalue weighted by molar-refractivity contribution is 7.11. The Kier molecular flexibility index (Phi) is 4.17. The van der Waals surface area contributed by atoms with Gasteiger partial charge in [-0.3, -0.25) is 4.79 Å². The molecule has 1 unspecified atom stereocenters. The van der Waals surface area contributed by atoms with Gasteiger partial charge in [0.2, 0.25) is 0 Å². The number of aromatic nitrogens is 1. The van der Waals surface area contributed by atoms with E-state index in [1.54, 1.807) is 35.4 Å². The minimum absolute atomic E-state index is 0.0194. The number of carbonyl (C=O) groups excluding carboxylic acids is 1. The van der Waals surface area contributed by atoms with Gasteiger partial charge in [0.1, 0.15) is 0 Å². The summed E-state index contributed by atoms with van der Waals surface area (Å²) in [5.41, 5.74) is 1.63. The molecule has 2 aromatic rings. The molecule has 0 bridgehead atoms. The molecule has 1 aliphatic rings. The van der Waals surface area contributed by atoms with Crippen molar-refractivity contribution >= 4 is 23.2 Å². The van der Waals surface area contributed by atoms with E-state index in [-0.39, 0.29) is 17.5 Å². The van der Waals surface area contributed by atoms with Crippen molar-refractivity contribution in [1.29, 1.82) is 0 Å². The number of nitrogens with zero attached hydrogens (tertiary/aromatic N) is 2. The molecule has 1 aromatic carbocycles. The van der Waals surface area contributed by atoms with Crippen LogP contribution >= 0.6 is 11.3 Å². The summed E-state index contributed by atoms with van der Waals surface area (Å²) in [7, 11) is 1.78. The molecular formula is C17H18N2O3S. The van der Waals surface area contributed by atoms with Gasteiger partial charge in [0.05, 0.1) is 27.2 Å². The zero-order valence-corrected chi connectivity index (χ0v) is 13.9. The standard InChI is InChI=1S/C17H18N2O3S/c1-10-18-13-7-4-8-14(15(13)23-10)19(2)16(20)11-5-3-6-12(9-11)17(21)22/h3,5-6,9,14H,4,7-8H2,1-2H3,(H,21,22). The van der Waals surface area contributed by atoms with Gasteiger partial charge in [0, 0.05) is 12.6 Å². The monoisotopic (exact) mass is 330 g/mol. The van der Waals surface area contributed by atoms with Crippen molar-refractivity contribution in [2.45, 2.75) is 32.2 Å². The number of hydrogen-bond acceptors (Lipinski definition) is 4. The quantitative estimate of drug-likeness (QED) is 0.937. The molecule has 0 saturated carbocycles. The van der Waals surface area contributed by atoms with Gasteiger partial charge >= 0.3 is 5.97 Å². The summed E-state index contributed by atoms with van der Waals surface area (Å²) in [5, 5.41) is 10.1. The van der Waals surface area contributed by atoms with Crippen molar-refractivity contribution in [3.63, 3.8) is 0 Å². The van der Waals surface area contributed by atoms with Crippen LogP contribution in [0.1, 0.15) is 55.2 Å². The molecule has 23 heavy (non-hydrogen) atoms. The Hall–Kier alpha value is -2.21. The number of carboxylic acids is 1. The second kappa shape index (κ2) is 6.12. The van der Waals surface area contributed by atoms with Gasteiger partial charge in [0.25, 0.3) is 5.91 Å². The zero-order chi connectivity index (χ0) is 16.6. The summed E-state index contributed by atoms with van der Waals surface area (Å²) in [6.07, 6.45) is 2.88. The normalized spacial score (nSPS) is 16.7. The molecule has 1 heterocycles. The number of aromatic carboxylic acids is 1. The van der Waals surface area contributed by atoms with Crippen molar-refractivity contribution < 1.29 is 14.7 Å². The van der Waals surface area contributed by atoms with Gasteiger partial charge in [-0.15, -0.1) is 11.3 Å². The first kappa shape index (κ1) is 15.7. The molecule has 0 radical (unpaired) electrons. The molecule has 0 aliphatic heterocycles. The lowest BCUT2D eigenvalue weighted by Crippen LogP contribution is -2.32. The van der Waals surface area contributed by atoms with Gasteiger partial charge in [-0.05, 0) is 44.4 Å². The molecule has 0 fully saturated rings. The minimum Gasteiger partial charge on any atom is -0.478 e. The average molecular weight is 330 g/mol. The Morgan fingerprint density at radius 2 is 2.09 bits per heavy atom. The number of rotatable bonds is 3. The number of carboxylic acid groups (broad SMARTS) is 1. The summed E-state index contributed by atoms with van der Waals surface area (Å²) in [5.74, 6) is -1.18. The SMILES string of the molecule is Cc1nc2c(s1)C(N(C)C(=O)c1cccc(C(=O)O)c1)CCC2. The Bertz CT molecular complexity index is 769. The van der Waals surface area contributed by atoms with E-state index in [1.165, 1.54) is 17.0 Å². The van der Waals surface area contributed by atoms with E-state index < -0.39 is 5.97 Å². The molecule has 1 atom stereocenters. The van der Waals surface area contributed by atoms with Crippen molar-refractivity contribution in [2.75, 3.05) is 7.05 Å². The Balaban J connectivity index is 1.89. The zero-order valence-electron chi connectivity index (χ0n) is 13.1. The highest BCUT2D eigenvalue weighted by Crippen LogP contribution is 2.37. The van der Waals surface area contributed by atoms with E-state index in [4.69, 9.17) is 5.11 Å². The fraction of sp³-hybridized carbons (Fsp3) is 0.353. The summed E-state index contributed by atoms with van der Waals surface area (Å²) in [6.45, 7) is 1.98. The van der Waals surface area contributed by atoms with Gasteiger partial charge < -0.3 is 10.0 Å². The van der Waals surface area contributed by atoms with Crippen LogP contribution in [-0.4, -0.2) is 33.9 Å². The van der Waals surface area contributed by atoms with Crippen molar-refractivity contribution in [1.82, 2.24) is 9.88 Å². The third-order valence-corrected chi connectivity index (χ3v) is 5.29.